The molecule has 1 atom stereocenters. The van der Waals surface area contributed by atoms with Gasteiger partial charge >= 0.3 is 0 Å². The van der Waals surface area contributed by atoms with E-state index in [1.165, 1.54) is 0 Å². The fourth-order valence-electron chi connectivity index (χ4n) is 3.30. The summed E-state index contributed by atoms with van der Waals surface area (Å²) < 4.78 is 26.3. The van der Waals surface area contributed by atoms with Crippen LogP contribution in [0, 0.1) is 6.92 Å². The Kier molecular flexibility index (Phi) is 6.48. The first-order valence-electron chi connectivity index (χ1n) is 9.39. The molecule has 7 heteroatoms. The lowest BCUT2D eigenvalue weighted by atomic mass is 10.0. The van der Waals surface area contributed by atoms with Gasteiger partial charge in [-0.25, -0.2) is 8.42 Å². The zero-order valence-electron chi connectivity index (χ0n) is 17.0. The maximum absolute atomic E-state index is 13.1. The molecule has 3 aromatic carbocycles. The highest BCUT2D eigenvalue weighted by Gasteiger charge is 2.30. The molecule has 0 aromatic heterocycles. The summed E-state index contributed by atoms with van der Waals surface area (Å²) >= 11 is 6.09. The normalized spacial score (nSPS) is 12.3. The van der Waals surface area contributed by atoms with Crippen LogP contribution in [0.3, 0.4) is 0 Å². The van der Waals surface area contributed by atoms with Gasteiger partial charge in [0.15, 0.2) is 0 Å². The lowest BCUT2D eigenvalue weighted by molar-refractivity contribution is -0.116. The number of halogens is 1. The Morgan fingerprint density at radius 1 is 1.00 bits per heavy atom. The van der Waals surface area contributed by atoms with Crippen molar-refractivity contribution in [3.05, 3.63) is 83.4 Å². The molecule has 0 heterocycles. The number of rotatable bonds is 6. The van der Waals surface area contributed by atoms with Crippen LogP contribution in [-0.4, -0.2) is 26.6 Å². The second-order valence-electron chi connectivity index (χ2n) is 7.07. The monoisotopic (exact) mass is 442 g/mol. The second-order valence-corrected chi connectivity index (χ2v) is 9.36. The number of para-hydroxylation sites is 1. The summed E-state index contributed by atoms with van der Waals surface area (Å²) in [6, 6.07) is 21.1. The zero-order valence-corrected chi connectivity index (χ0v) is 18.5. The van der Waals surface area contributed by atoms with Gasteiger partial charge < -0.3 is 5.32 Å². The maximum atomic E-state index is 13.1. The van der Waals surface area contributed by atoms with E-state index in [1.54, 1.807) is 38.1 Å². The van der Waals surface area contributed by atoms with E-state index in [4.69, 9.17) is 11.6 Å². The zero-order chi connectivity index (χ0) is 21.9. The van der Waals surface area contributed by atoms with Crippen LogP contribution in [0.5, 0.6) is 0 Å². The van der Waals surface area contributed by atoms with Crippen molar-refractivity contribution in [1.82, 2.24) is 0 Å². The molecule has 1 N–H and O–H groups in total. The smallest absolute Gasteiger partial charge is 0.248 e. The number of hydrogen-bond acceptors (Lipinski definition) is 3. The minimum Gasteiger partial charge on any atom is -0.324 e. The van der Waals surface area contributed by atoms with Crippen molar-refractivity contribution < 1.29 is 13.2 Å². The third kappa shape index (κ3) is 4.83. The molecule has 5 nitrogen and oxygen atoms in total. The maximum Gasteiger partial charge on any atom is 0.248 e. The van der Waals surface area contributed by atoms with Crippen LogP contribution >= 0.6 is 11.6 Å². The van der Waals surface area contributed by atoms with Crippen molar-refractivity contribution in [2.75, 3.05) is 15.9 Å². The van der Waals surface area contributed by atoms with Crippen LogP contribution < -0.4 is 9.62 Å². The highest BCUT2D eigenvalue weighted by atomic mass is 35.5. The summed E-state index contributed by atoms with van der Waals surface area (Å²) in [7, 11) is -3.74. The van der Waals surface area contributed by atoms with Crippen LogP contribution in [0.25, 0.3) is 11.1 Å². The summed E-state index contributed by atoms with van der Waals surface area (Å²) in [4.78, 5) is 13.1. The van der Waals surface area contributed by atoms with Gasteiger partial charge in [0.1, 0.15) is 6.04 Å². The molecular weight excluding hydrogens is 420 g/mol. The average Bonchev–Trinajstić information content (AvgIpc) is 2.70. The minimum atomic E-state index is -3.74. The summed E-state index contributed by atoms with van der Waals surface area (Å²) in [5, 5.41) is 3.28. The molecule has 1 amide bonds. The first-order chi connectivity index (χ1) is 14.2. The van der Waals surface area contributed by atoms with E-state index in [0.717, 1.165) is 21.7 Å². The number of carbonyl (C=O) groups is 1. The molecule has 0 spiro atoms. The Morgan fingerprint density at radius 2 is 1.63 bits per heavy atom. The Labute approximate surface area is 182 Å². The second kappa shape index (κ2) is 8.90. The van der Waals surface area contributed by atoms with Gasteiger partial charge in [-0.15, -0.1) is 0 Å². The predicted octanol–water partition coefficient (Wildman–Crippen LogP) is 5.11. The van der Waals surface area contributed by atoms with E-state index < -0.39 is 22.0 Å². The summed E-state index contributed by atoms with van der Waals surface area (Å²) in [6.45, 7) is 3.33. The summed E-state index contributed by atoms with van der Waals surface area (Å²) in [6.07, 6.45) is 1.08. The van der Waals surface area contributed by atoms with Crippen LogP contribution in [0.2, 0.25) is 5.02 Å². The molecule has 3 aromatic rings. The van der Waals surface area contributed by atoms with Crippen LogP contribution in [-0.2, 0) is 14.8 Å². The average molecular weight is 443 g/mol. The van der Waals surface area contributed by atoms with Gasteiger partial charge in [0.25, 0.3) is 0 Å². The fourth-order valence-corrected chi connectivity index (χ4v) is 4.69. The quantitative estimate of drug-likeness (QED) is 0.576. The van der Waals surface area contributed by atoms with Crippen LogP contribution in [0.15, 0.2) is 72.8 Å². The number of nitrogens with one attached hydrogen (secondary N) is 1. The molecular formula is C23H23ClN2O3S. The highest BCUT2D eigenvalue weighted by Crippen LogP contribution is 2.30. The van der Waals surface area contributed by atoms with Crippen molar-refractivity contribution in [1.29, 1.82) is 0 Å². The number of aryl methyl sites for hydroxylation is 1. The lowest BCUT2D eigenvalue weighted by Crippen LogP contribution is -2.45. The number of anilines is 2. The number of amides is 1. The molecule has 0 aliphatic carbocycles. The van der Waals surface area contributed by atoms with E-state index in [1.807, 2.05) is 48.5 Å². The molecule has 0 bridgehead atoms. The van der Waals surface area contributed by atoms with Crippen molar-refractivity contribution in [3.8, 4) is 11.1 Å². The van der Waals surface area contributed by atoms with E-state index in [2.05, 4.69) is 5.32 Å². The first kappa shape index (κ1) is 21.9. The van der Waals surface area contributed by atoms with E-state index in [0.29, 0.717) is 22.0 Å². The standard InChI is InChI=1S/C23H23ClN2O3S/c1-16-13-14-19(24)15-22(16)26(30(3,28)29)17(2)23(27)25-21-12-8-7-11-20(21)18-9-5-4-6-10-18/h4-15,17H,1-3H3,(H,25,27)/t17-/m0/s1. The van der Waals surface area contributed by atoms with Crippen molar-refractivity contribution in [2.24, 2.45) is 0 Å². The molecule has 0 aliphatic rings. The molecule has 0 unspecified atom stereocenters. The Hall–Kier alpha value is -2.83. The van der Waals surface area contributed by atoms with Crippen molar-refractivity contribution in [2.45, 2.75) is 19.9 Å². The number of carbonyl (C=O) groups excluding carboxylic acids is 1. The minimum absolute atomic E-state index is 0.379. The third-order valence-electron chi connectivity index (χ3n) is 4.77. The lowest BCUT2D eigenvalue weighted by Gasteiger charge is -2.29. The van der Waals surface area contributed by atoms with Gasteiger partial charge in [0, 0.05) is 16.3 Å². The van der Waals surface area contributed by atoms with Crippen molar-refractivity contribution in [3.63, 3.8) is 0 Å². The number of hydrogen-bond donors (Lipinski definition) is 1. The van der Waals surface area contributed by atoms with E-state index >= 15 is 0 Å². The third-order valence-corrected chi connectivity index (χ3v) is 6.23. The van der Waals surface area contributed by atoms with E-state index in [-0.39, 0.29) is 0 Å². The summed E-state index contributed by atoms with van der Waals surface area (Å²) in [5.74, 6) is -0.441. The number of benzene rings is 3. The van der Waals surface area contributed by atoms with Crippen LogP contribution in [0.4, 0.5) is 11.4 Å². The van der Waals surface area contributed by atoms with Crippen molar-refractivity contribution >= 4 is 38.9 Å². The molecule has 0 fully saturated rings. The Bertz CT molecular complexity index is 1160. The van der Waals surface area contributed by atoms with Gasteiger partial charge in [-0.05, 0) is 43.2 Å². The molecule has 0 radical (unpaired) electrons. The van der Waals surface area contributed by atoms with Crippen LogP contribution in [0.1, 0.15) is 12.5 Å². The Morgan fingerprint density at radius 3 is 2.30 bits per heavy atom. The van der Waals surface area contributed by atoms with Gasteiger partial charge in [-0.3, -0.25) is 9.10 Å². The van der Waals surface area contributed by atoms with Gasteiger partial charge in [-0.1, -0.05) is 66.2 Å². The fraction of sp³-hybridized carbons (Fsp3) is 0.174. The SMILES string of the molecule is Cc1ccc(Cl)cc1N([C@@H](C)C(=O)Nc1ccccc1-c1ccccc1)S(C)(=O)=O. The first-order valence-corrected chi connectivity index (χ1v) is 11.6. The molecule has 0 saturated carbocycles. The topological polar surface area (TPSA) is 66.5 Å². The molecule has 0 saturated heterocycles. The summed E-state index contributed by atoms with van der Waals surface area (Å²) in [5.41, 5.74) is 3.49. The molecule has 3 rings (SSSR count). The molecule has 30 heavy (non-hydrogen) atoms. The largest absolute Gasteiger partial charge is 0.324 e. The highest BCUT2D eigenvalue weighted by molar-refractivity contribution is 7.92. The molecule has 0 aliphatic heterocycles. The van der Waals surface area contributed by atoms with E-state index in [9.17, 15) is 13.2 Å². The van der Waals surface area contributed by atoms with Gasteiger partial charge in [0.2, 0.25) is 15.9 Å². The van der Waals surface area contributed by atoms with Gasteiger partial charge in [0.05, 0.1) is 11.9 Å². The molecule has 156 valence electrons. The Balaban J connectivity index is 1.96. The number of nitrogens with zero attached hydrogens (tertiary/aromatic N) is 1. The van der Waals surface area contributed by atoms with Gasteiger partial charge in [-0.2, -0.15) is 0 Å². The predicted molar refractivity (Wildman–Crippen MR) is 123 cm³/mol. The number of sulfonamides is 1.